The number of hydrogen-bond acceptors (Lipinski definition) is 7. The molecule has 0 aromatic rings. The summed E-state index contributed by atoms with van der Waals surface area (Å²) in [5, 5.41) is 31.8. The van der Waals surface area contributed by atoms with Gasteiger partial charge in [-0.1, -0.05) is 0 Å². The number of nitrogens with one attached hydrogen (secondary N) is 1. The molecule has 1 heterocycles. The minimum Gasteiger partial charge on any atom is -0.394 e. The highest BCUT2D eigenvalue weighted by Crippen LogP contribution is 2.22. The summed E-state index contributed by atoms with van der Waals surface area (Å²) in [6.45, 7) is 5.92. The van der Waals surface area contributed by atoms with E-state index in [1.807, 2.05) is 13.8 Å². The predicted molar refractivity (Wildman–Crippen MR) is 86.3 cm³/mol. The summed E-state index contributed by atoms with van der Waals surface area (Å²) in [6, 6.07) is -0.885. The highest BCUT2D eigenvalue weighted by atomic mass is 16.7. The molecule has 1 aliphatic heterocycles. The van der Waals surface area contributed by atoms with Crippen LogP contribution in [0.25, 0.3) is 0 Å². The minimum absolute atomic E-state index is 0.221. The third-order valence-corrected chi connectivity index (χ3v) is 3.77. The lowest BCUT2D eigenvalue weighted by Crippen LogP contribution is -2.64. The van der Waals surface area contributed by atoms with Crippen LogP contribution in [-0.4, -0.2) is 77.8 Å². The van der Waals surface area contributed by atoms with Gasteiger partial charge in [-0.15, -0.1) is 0 Å². The van der Waals surface area contributed by atoms with Gasteiger partial charge in [0.2, 0.25) is 5.91 Å². The van der Waals surface area contributed by atoms with Gasteiger partial charge < -0.3 is 34.8 Å². The molecule has 0 saturated carbocycles. The van der Waals surface area contributed by atoms with Gasteiger partial charge in [0.15, 0.2) is 6.29 Å². The number of ether oxygens (including phenoxy) is 3. The number of unbranched alkanes of at least 4 members (excludes halogenated alkanes) is 2. The fourth-order valence-corrected chi connectivity index (χ4v) is 2.51. The number of aliphatic hydroxyl groups is 3. The van der Waals surface area contributed by atoms with Crippen molar-refractivity contribution in [2.24, 2.45) is 0 Å². The maximum absolute atomic E-state index is 11.3. The Labute approximate surface area is 143 Å². The number of carbonyl (C=O) groups is 1. The zero-order chi connectivity index (χ0) is 18.1. The van der Waals surface area contributed by atoms with Crippen molar-refractivity contribution in [3.05, 3.63) is 0 Å². The Morgan fingerprint density at radius 1 is 1.17 bits per heavy atom. The highest BCUT2D eigenvalue weighted by molar-refractivity contribution is 5.73. The smallest absolute Gasteiger partial charge is 0.217 e. The number of carbonyl (C=O) groups excluding carboxylic acids is 1. The average Bonchev–Trinajstić information content (AvgIpc) is 2.52. The van der Waals surface area contributed by atoms with E-state index in [1.165, 1.54) is 6.92 Å². The van der Waals surface area contributed by atoms with E-state index in [-0.39, 0.29) is 12.0 Å². The summed E-state index contributed by atoms with van der Waals surface area (Å²) in [5.41, 5.74) is 0. The summed E-state index contributed by atoms with van der Waals surface area (Å²) >= 11 is 0. The summed E-state index contributed by atoms with van der Waals surface area (Å²) in [4.78, 5) is 11.3. The van der Waals surface area contributed by atoms with Crippen LogP contribution in [0.2, 0.25) is 0 Å². The second-order valence-electron chi connectivity index (χ2n) is 6.28. The quantitative estimate of drug-likeness (QED) is 0.394. The molecule has 5 unspecified atom stereocenters. The van der Waals surface area contributed by atoms with Crippen LogP contribution >= 0.6 is 0 Å². The molecule has 0 bridgehead atoms. The van der Waals surface area contributed by atoms with E-state index < -0.39 is 37.3 Å². The molecule has 0 radical (unpaired) electrons. The lowest BCUT2D eigenvalue weighted by Gasteiger charge is -2.42. The molecule has 1 saturated heterocycles. The molecule has 5 atom stereocenters. The second kappa shape index (κ2) is 11.0. The number of hydrogen-bond donors (Lipinski definition) is 4. The van der Waals surface area contributed by atoms with Gasteiger partial charge in [-0.3, -0.25) is 4.79 Å². The minimum atomic E-state index is -1.29. The van der Waals surface area contributed by atoms with E-state index in [2.05, 4.69) is 5.32 Å². The lowest BCUT2D eigenvalue weighted by molar-refractivity contribution is -0.270. The van der Waals surface area contributed by atoms with E-state index in [9.17, 15) is 20.1 Å². The van der Waals surface area contributed by atoms with Crippen molar-refractivity contribution in [2.75, 3.05) is 19.8 Å². The molecule has 4 N–H and O–H groups in total. The molecule has 0 aromatic carbocycles. The molecule has 0 aromatic heterocycles. The number of rotatable bonds is 10. The SMILES string of the molecule is CC(=O)NC1C(OCCCCCOC(C)C)OC(CO)C(O)C1O. The zero-order valence-corrected chi connectivity index (χ0v) is 14.7. The van der Waals surface area contributed by atoms with E-state index in [4.69, 9.17) is 14.2 Å². The lowest BCUT2D eigenvalue weighted by atomic mass is 9.97. The summed E-state index contributed by atoms with van der Waals surface area (Å²) in [5.74, 6) is -0.364. The average molecular weight is 349 g/mol. The van der Waals surface area contributed by atoms with E-state index in [0.29, 0.717) is 13.2 Å². The van der Waals surface area contributed by atoms with Gasteiger partial charge in [0, 0.05) is 20.1 Å². The second-order valence-corrected chi connectivity index (χ2v) is 6.28. The van der Waals surface area contributed by atoms with Crippen molar-refractivity contribution in [2.45, 2.75) is 76.8 Å². The third-order valence-electron chi connectivity index (χ3n) is 3.77. The van der Waals surface area contributed by atoms with Crippen LogP contribution in [0.3, 0.4) is 0 Å². The first kappa shape index (κ1) is 21.3. The van der Waals surface area contributed by atoms with Crippen molar-refractivity contribution in [3.63, 3.8) is 0 Å². The van der Waals surface area contributed by atoms with Gasteiger partial charge >= 0.3 is 0 Å². The first-order valence-corrected chi connectivity index (χ1v) is 8.49. The Balaban J connectivity index is 2.41. The van der Waals surface area contributed by atoms with Crippen molar-refractivity contribution >= 4 is 5.91 Å². The van der Waals surface area contributed by atoms with Gasteiger partial charge in [-0.25, -0.2) is 0 Å². The first-order valence-electron chi connectivity index (χ1n) is 8.49. The Bertz CT molecular complexity index is 366. The van der Waals surface area contributed by atoms with Crippen LogP contribution in [0.1, 0.15) is 40.0 Å². The van der Waals surface area contributed by atoms with Gasteiger partial charge in [0.25, 0.3) is 0 Å². The van der Waals surface area contributed by atoms with Crippen molar-refractivity contribution in [3.8, 4) is 0 Å². The first-order chi connectivity index (χ1) is 11.4. The van der Waals surface area contributed by atoms with Crippen LogP contribution in [0, 0.1) is 0 Å². The summed E-state index contributed by atoms with van der Waals surface area (Å²) < 4.78 is 16.5. The molecule has 1 rings (SSSR count). The van der Waals surface area contributed by atoms with Crippen LogP contribution in [0.15, 0.2) is 0 Å². The largest absolute Gasteiger partial charge is 0.394 e. The maximum Gasteiger partial charge on any atom is 0.217 e. The Hall–Kier alpha value is -0.770. The summed E-state index contributed by atoms with van der Waals surface area (Å²) in [6.07, 6.45) is -1.60. The Kier molecular flexibility index (Phi) is 9.72. The molecule has 24 heavy (non-hydrogen) atoms. The molecule has 0 aliphatic carbocycles. The number of amides is 1. The molecule has 8 nitrogen and oxygen atoms in total. The predicted octanol–water partition coefficient (Wildman–Crippen LogP) is -0.458. The van der Waals surface area contributed by atoms with E-state index in [1.54, 1.807) is 0 Å². The molecule has 8 heteroatoms. The van der Waals surface area contributed by atoms with E-state index >= 15 is 0 Å². The van der Waals surface area contributed by atoms with E-state index in [0.717, 1.165) is 19.3 Å². The fraction of sp³-hybridized carbons (Fsp3) is 0.938. The molecule has 1 fully saturated rings. The molecule has 1 amide bonds. The molecular weight excluding hydrogens is 318 g/mol. The van der Waals surface area contributed by atoms with Crippen LogP contribution < -0.4 is 5.32 Å². The zero-order valence-electron chi connectivity index (χ0n) is 14.7. The van der Waals surface area contributed by atoms with Crippen molar-refractivity contribution in [1.82, 2.24) is 5.32 Å². The van der Waals surface area contributed by atoms with Crippen molar-refractivity contribution in [1.29, 1.82) is 0 Å². The Morgan fingerprint density at radius 2 is 1.83 bits per heavy atom. The van der Waals surface area contributed by atoms with Gasteiger partial charge in [0.1, 0.15) is 24.4 Å². The standard InChI is InChI=1S/C16H31NO7/c1-10(2)22-7-5-4-6-8-23-16-13(17-11(3)19)15(21)14(20)12(9-18)24-16/h10,12-16,18,20-21H,4-9H2,1-3H3,(H,17,19). The van der Waals surface area contributed by atoms with Crippen LogP contribution in [0.4, 0.5) is 0 Å². The maximum atomic E-state index is 11.3. The van der Waals surface area contributed by atoms with Gasteiger partial charge in [-0.2, -0.15) is 0 Å². The molecular formula is C16H31NO7. The monoisotopic (exact) mass is 349 g/mol. The van der Waals surface area contributed by atoms with Gasteiger partial charge in [-0.05, 0) is 33.1 Å². The van der Waals surface area contributed by atoms with Crippen LogP contribution in [0.5, 0.6) is 0 Å². The third kappa shape index (κ3) is 7.00. The number of aliphatic hydroxyl groups excluding tert-OH is 3. The van der Waals surface area contributed by atoms with Gasteiger partial charge in [0.05, 0.1) is 12.7 Å². The van der Waals surface area contributed by atoms with Crippen molar-refractivity contribution < 1.29 is 34.3 Å². The topological polar surface area (TPSA) is 117 Å². The van der Waals surface area contributed by atoms with Crippen LogP contribution in [-0.2, 0) is 19.0 Å². The summed E-state index contributed by atoms with van der Waals surface area (Å²) in [7, 11) is 0. The highest BCUT2D eigenvalue weighted by Gasteiger charge is 2.45. The molecule has 1 aliphatic rings. The fourth-order valence-electron chi connectivity index (χ4n) is 2.51. The Morgan fingerprint density at radius 3 is 2.42 bits per heavy atom. The molecule has 142 valence electrons. The molecule has 0 spiro atoms. The normalized spacial score (nSPS) is 30.5.